The molecule has 1 heterocycles. The molecule has 2 amide bonds. The van der Waals surface area contributed by atoms with Crippen LogP contribution in [0.1, 0.15) is 17.3 Å². The van der Waals surface area contributed by atoms with E-state index < -0.39 is 0 Å². The molecule has 1 aliphatic rings. The van der Waals surface area contributed by atoms with E-state index in [0.29, 0.717) is 31.0 Å². The minimum atomic E-state index is -0.201. The molecule has 7 heteroatoms. The van der Waals surface area contributed by atoms with Crippen LogP contribution < -0.4 is 10.1 Å². The Balaban J connectivity index is 0.00000264. The average Bonchev–Trinajstić information content (AvgIpc) is 2.55. The molecule has 0 atom stereocenters. The van der Waals surface area contributed by atoms with E-state index in [2.05, 4.69) is 5.32 Å². The molecule has 0 spiro atoms. The third-order valence-electron chi connectivity index (χ3n) is 3.61. The summed E-state index contributed by atoms with van der Waals surface area (Å²) in [7, 11) is 1.64. The highest BCUT2D eigenvalue weighted by Gasteiger charge is 2.22. The zero-order valence-corrected chi connectivity index (χ0v) is 14.4. The number of hydrogen-bond acceptors (Lipinski definition) is 4. The van der Waals surface area contributed by atoms with Gasteiger partial charge in [0, 0.05) is 33.2 Å². The van der Waals surface area contributed by atoms with Crippen molar-refractivity contribution in [2.75, 3.05) is 46.4 Å². The highest BCUT2D eigenvalue weighted by atomic mass is 35.5. The minimum Gasteiger partial charge on any atom is -0.493 e. The van der Waals surface area contributed by atoms with Crippen LogP contribution in [0.3, 0.4) is 0 Å². The van der Waals surface area contributed by atoms with E-state index in [4.69, 9.17) is 4.74 Å². The Morgan fingerprint density at radius 2 is 1.91 bits per heavy atom. The Morgan fingerprint density at radius 3 is 2.57 bits per heavy atom. The van der Waals surface area contributed by atoms with Gasteiger partial charge in [-0.2, -0.15) is 0 Å². The molecule has 0 aromatic heterocycles. The molecule has 6 nitrogen and oxygen atoms in total. The molecule has 0 bridgehead atoms. The lowest BCUT2D eigenvalue weighted by molar-refractivity contribution is -0.132. The summed E-state index contributed by atoms with van der Waals surface area (Å²) in [5.41, 5.74) is 0.486. The number of nitrogens with one attached hydrogen (secondary N) is 1. The third kappa shape index (κ3) is 5.11. The summed E-state index contributed by atoms with van der Waals surface area (Å²) >= 11 is 0. The number of ether oxygens (including phenoxy) is 1. The van der Waals surface area contributed by atoms with E-state index in [-0.39, 0.29) is 30.8 Å². The Bertz CT molecular complexity index is 533. The Morgan fingerprint density at radius 1 is 1.26 bits per heavy atom. The van der Waals surface area contributed by atoms with Crippen LogP contribution in [0.15, 0.2) is 24.3 Å². The van der Waals surface area contributed by atoms with Crippen LogP contribution in [0.2, 0.25) is 0 Å². The molecule has 1 aliphatic heterocycles. The maximum Gasteiger partial charge on any atom is 0.257 e. The summed E-state index contributed by atoms with van der Waals surface area (Å²) in [5.74, 6) is 0.329. The third-order valence-corrected chi connectivity index (χ3v) is 3.61. The smallest absolute Gasteiger partial charge is 0.257 e. The molecule has 23 heavy (non-hydrogen) atoms. The normalized spacial score (nSPS) is 13.9. The van der Waals surface area contributed by atoms with Crippen LogP contribution in [-0.2, 0) is 4.79 Å². The first-order valence-corrected chi connectivity index (χ1v) is 7.59. The van der Waals surface area contributed by atoms with Crippen molar-refractivity contribution in [2.45, 2.75) is 6.92 Å². The summed E-state index contributed by atoms with van der Waals surface area (Å²) < 4.78 is 5.48. The van der Waals surface area contributed by atoms with E-state index >= 15 is 0 Å². The Kier molecular flexibility index (Phi) is 7.85. The predicted octanol–water partition coefficient (Wildman–Crippen LogP) is 1.01. The van der Waals surface area contributed by atoms with Crippen LogP contribution in [0.25, 0.3) is 0 Å². The number of amides is 2. The molecule has 1 aromatic carbocycles. The number of para-hydroxylation sites is 1. The van der Waals surface area contributed by atoms with Gasteiger partial charge in [-0.15, -0.1) is 12.4 Å². The standard InChI is InChI=1S/C16H23N3O3.ClH/c1-3-22-14-7-5-4-6-13(14)16(21)18(2)12-15(20)19-10-8-17-9-11-19;/h4-7,17H,3,8-12H2,1-2H3;1H. The second kappa shape index (κ2) is 9.37. The quantitative estimate of drug-likeness (QED) is 0.868. The van der Waals surface area contributed by atoms with Crippen molar-refractivity contribution in [3.05, 3.63) is 29.8 Å². The number of carbonyl (C=O) groups is 2. The van der Waals surface area contributed by atoms with E-state index in [1.165, 1.54) is 4.90 Å². The molecule has 0 saturated carbocycles. The Hall–Kier alpha value is -1.79. The van der Waals surface area contributed by atoms with Crippen molar-refractivity contribution < 1.29 is 14.3 Å². The molecule has 1 saturated heterocycles. The highest BCUT2D eigenvalue weighted by Crippen LogP contribution is 2.19. The van der Waals surface area contributed by atoms with Crippen LogP contribution in [-0.4, -0.2) is 68.0 Å². The average molecular weight is 342 g/mol. The second-order valence-corrected chi connectivity index (χ2v) is 5.22. The maximum atomic E-state index is 12.5. The monoisotopic (exact) mass is 341 g/mol. The fourth-order valence-electron chi connectivity index (χ4n) is 2.42. The molecular formula is C16H24ClN3O3. The fourth-order valence-corrected chi connectivity index (χ4v) is 2.42. The van der Waals surface area contributed by atoms with Gasteiger partial charge in [0.2, 0.25) is 5.91 Å². The second-order valence-electron chi connectivity index (χ2n) is 5.22. The van der Waals surface area contributed by atoms with Gasteiger partial charge in [0.1, 0.15) is 5.75 Å². The lowest BCUT2D eigenvalue weighted by Crippen LogP contribution is -2.49. The molecule has 128 valence electrons. The van der Waals surface area contributed by atoms with Crippen molar-refractivity contribution in [1.82, 2.24) is 15.1 Å². The zero-order valence-electron chi connectivity index (χ0n) is 13.6. The van der Waals surface area contributed by atoms with Gasteiger partial charge in [-0.3, -0.25) is 9.59 Å². The number of piperazine rings is 1. The van der Waals surface area contributed by atoms with Gasteiger partial charge >= 0.3 is 0 Å². The SMILES string of the molecule is CCOc1ccccc1C(=O)N(C)CC(=O)N1CCNCC1.Cl. The van der Waals surface area contributed by atoms with E-state index in [1.807, 2.05) is 13.0 Å². The number of likely N-dealkylation sites (N-methyl/N-ethyl adjacent to an activating group) is 1. The molecular weight excluding hydrogens is 318 g/mol. The molecule has 0 unspecified atom stereocenters. The largest absolute Gasteiger partial charge is 0.493 e. The number of benzene rings is 1. The lowest BCUT2D eigenvalue weighted by atomic mass is 10.1. The van der Waals surface area contributed by atoms with Crippen molar-refractivity contribution in [3.63, 3.8) is 0 Å². The number of carbonyl (C=O) groups excluding carboxylic acids is 2. The van der Waals surface area contributed by atoms with Crippen molar-refractivity contribution >= 4 is 24.2 Å². The van der Waals surface area contributed by atoms with E-state index in [0.717, 1.165) is 13.1 Å². The summed E-state index contributed by atoms with van der Waals surface area (Å²) in [5, 5.41) is 3.20. The minimum absolute atomic E-state index is 0. The van der Waals surface area contributed by atoms with Crippen molar-refractivity contribution in [3.8, 4) is 5.75 Å². The van der Waals surface area contributed by atoms with Crippen molar-refractivity contribution in [2.24, 2.45) is 0 Å². The predicted molar refractivity (Wildman–Crippen MR) is 91.3 cm³/mol. The van der Waals surface area contributed by atoms with Gasteiger partial charge in [-0.1, -0.05) is 12.1 Å². The van der Waals surface area contributed by atoms with Gasteiger partial charge < -0.3 is 19.9 Å². The van der Waals surface area contributed by atoms with Gasteiger partial charge in [-0.25, -0.2) is 0 Å². The number of nitrogens with zero attached hydrogens (tertiary/aromatic N) is 2. The number of hydrogen-bond donors (Lipinski definition) is 1. The first-order chi connectivity index (χ1) is 10.6. The van der Waals surface area contributed by atoms with Crippen LogP contribution in [0, 0.1) is 0 Å². The maximum absolute atomic E-state index is 12.5. The summed E-state index contributed by atoms with van der Waals surface area (Å²) in [6, 6.07) is 7.11. The molecule has 1 fully saturated rings. The first-order valence-electron chi connectivity index (χ1n) is 7.59. The van der Waals surface area contributed by atoms with Crippen LogP contribution in [0.4, 0.5) is 0 Å². The van der Waals surface area contributed by atoms with E-state index in [1.54, 1.807) is 30.1 Å². The number of rotatable bonds is 5. The van der Waals surface area contributed by atoms with Crippen molar-refractivity contribution in [1.29, 1.82) is 0 Å². The number of halogens is 1. The Labute approximate surface area is 143 Å². The highest BCUT2D eigenvalue weighted by molar-refractivity contribution is 5.98. The molecule has 2 rings (SSSR count). The summed E-state index contributed by atoms with van der Waals surface area (Å²) in [4.78, 5) is 28.0. The molecule has 1 N–H and O–H groups in total. The first kappa shape index (κ1) is 19.3. The summed E-state index contributed by atoms with van der Waals surface area (Å²) in [6.45, 7) is 5.44. The van der Waals surface area contributed by atoms with Crippen LogP contribution >= 0.6 is 12.4 Å². The summed E-state index contributed by atoms with van der Waals surface area (Å²) in [6.07, 6.45) is 0. The molecule has 0 radical (unpaired) electrons. The topological polar surface area (TPSA) is 61.9 Å². The molecule has 0 aliphatic carbocycles. The zero-order chi connectivity index (χ0) is 15.9. The van der Waals surface area contributed by atoms with Gasteiger partial charge in [-0.05, 0) is 19.1 Å². The van der Waals surface area contributed by atoms with Gasteiger partial charge in [0.25, 0.3) is 5.91 Å². The lowest BCUT2D eigenvalue weighted by Gasteiger charge is -2.29. The van der Waals surface area contributed by atoms with Crippen LogP contribution in [0.5, 0.6) is 5.75 Å². The van der Waals surface area contributed by atoms with E-state index in [9.17, 15) is 9.59 Å². The van der Waals surface area contributed by atoms with Gasteiger partial charge in [0.05, 0.1) is 18.7 Å². The fraction of sp³-hybridized carbons (Fsp3) is 0.500. The van der Waals surface area contributed by atoms with Gasteiger partial charge in [0.15, 0.2) is 0 Å². The molecule has 1 aromatic rings.